The van der Waals surface area contributed by atoms with Crippen LogP contribution in [0.2, 0.25) is 0 Å². The molecule has 28 heavy (non-hydrogen) atoms. The molecule has 1 aliphatic heterocycles. The van der Waals surface area contributed by atoms with Crippen molar-refractivity contribution in [3.05, 3.63) is 28.8 Å². The summed E-state index contributed by atoms with van der Waals surface area (Å²) in [5.41, 5.74) is 14.6. The number of nitrogens with zero attached hydrogens (tertiary/aromatic N) is 1. The molecule has 1 aromatic rings. The average molecular weight is 388 g/mol. The van der Waals surface area contributed by atoms with Gasteiger partial charge in [-0.2, -0.15) is 0 Å². The minimum absolute atomic E-state index is 0.227. The molecule has 0 spiro atoms. The molecule has 6 heteroatoms. The Kier molecular flexibility index (Phi) is 6.94. The molecular formula is C22H33N3O3. The molecule has 2 amide bonds. The van der Waals surface area contributed by atoms with Crippen LogP contribution in [0.3, 0.4) is 0 Å². The zero-order valence-corrected chi connectivity index (χ0v) is 16.9. The Labute approximate surface area is 167 Å². The van der Waals surface area contributed by atoms with Gasteiger partial charge in [0.25, 0.3) is 5.91 Å². The lowest BCUT2D eigenvalue weighted by Gasteiger charge is -2.34. The Morgan fingerprint density at radius 1 is 1.18 bits per heavy atom. The summed E-state index contributed by atoms with van der Waals surface area (Å²) >= 11 is 0. The van der Waals surface area contributed by atoms with Gasteiger partial charge in [0.15, 0.2) is 6.10 Å². The van der Waals surface area contributed by atoms with Gasteiger partial charge in [0.05, 0.1) is 0 Å². The van der Waals surface area contributed by atoms with E-state index in [4.69, 9.17) is 16.2 Å². The fourth-order valence-corrected chi connectivity index (χ4v) is 4.45. The van der Waals surface area contributed by atoms with Crippen molar-refractivity contribution in [3.63, 3.8) is 0 Å². The first-order valence-corrected chi connectivity index (χ1v) is 10.6. The predicted octanol–water partition coefficient (Wildman–Crippen LogP) is 2.26. The first kappa shape index (κ1) is 20.6. The maximum Gasteiger partial charge on any atom is 0.258 e. The van der Waals surface area contributed by atoms with Crippen LogP contribution in [0.25, 0.3) is 0 Å². The van der Waals surface area contributed by atoms with E-state index in [1.807, 2.05) is 0 Å². The molecule has 3 rings (SSSR count). The van der Waals surface area contributed by atoms with Crippen LogP contribution >= 0.6 is 0 Å². The maximum absolute atomic E-state index is 11.6. The van der Waals surface area contributed by atoms with Crippen LogP contribution in [0.4, 0.5) is 0 Å². The third-order valence-corrected chi connectivity index (χ3v) is 6.13. The molecule has 0 saturated carbocycles. The van der Waals surface area contributed by atoms with Crippen molar-refractivity contribution in [3.8, 4) is 5.75 Å². The van der Waals surface area contributed by atoms with Crippen LogP contribution in [0, 0.1) is 0 Å². The molecule has 154 valence electrons. The molecule has 0 bridgehead atoms. The molecular weight excluding hydrogens is 354 g/mol. The summed E-state index contributed by atoms with van der Waals surface area (Å²) < 4.78 is 6.14. The van der Waals surface area contributed by atoms with Crippen molar-refractivity contribution < 1.29 is 14.3 Å². The molecule has 2 aliphatic rings. The fourth-order valence-electron chi connectivity index (χ4n) is 4.45. The van der Waals surface area contributed by atoms with Gasteiger partial charge in [-0.25, -0.2) is 0 Å². The number of hydrogen-bond donors (Lipinski definition) is 2. The number of benzene rings is 1. The van der Waals surface area contributed by atoms with E-state index in [0.717, 1.165) is 63.9 Å². The van der Waals surface area contributed by atoms with Gasteiger partial charge in [-0.15, -0.1) is 0 Å². The van der Waals surface area contributed by atoms with Crippen molar-refractivity contribution in [2.75, 3.05) is 19.6 Å². The molecule has 1 aromatic carbocycles. The van der Waals surface area contributed by atoms with Crippen molar-refractivity contribution >= 4 is 11.8 Å². The van der Waals surface area contributed by atoms with Crippen LogP contribution < -0.4 is 16.2 Å². The van der Waals surface area contributed by atoms with Gasteiger partial charge in [0, 0.05) is 6.42 Å². The van der Waals surface area contributed by atoms with Gasteiger partial charge in [-0.05, 0) is 94.1 Å². The maximum atomic E-state index is 11.6. The van der Waals surface area contributed by atoms with E-state index in [1.165, 1.54) is 23.1 Å². The number of amides is 2. The van der Waals surface area contributed by atoms with Crippen LogP contribution in [0.1, 0.15) is 68.1 Å². The van der Waals surface area contributed by atoms with Gasteiger partial charge >= 0.3 is 0 Å². The van der Waals surface area contributed by atoms with Crippen molar-refractivity contribution in [1.29, 1.82) is 0 Å². The molecule has 1 heterocycles. The highest BCUT2D eigenvalue weighted by molar-refractivity contribution is 5.78. The molecule has 1 unspecified atom stereocenters. The van der Waals surface area contributed by atoms with Crippen LogP contribution in [-0.2, 0) is 22.4 Å². The van der Waals surface area contributed by atoms with Gasteiger partial charge in [0.1, 0.15) is 5.75 Å². The highest BCUT2D eigenvalue weighted by Gasteiger charge is 2.27. The number of likely N-dealkylation sites (tertiary alicyclic amines) is 1. The second kappa shape index (κ2) is 9.41. The Hall–Kier alpha value is -2.08. The summed E-state index contributed by atoms with van der Waals surface area (Å²) in [4.78, 5) is 24.9. The van der Waals surface area contributed by atoms with Crippen LogP contribution in [0.5, 0.6) is 5.75 Å². The number of nitrogens with two attached hydrogens (primary N) is 2. The summed E-state index contributed by atoms with van der Waals surface area (Å²) in [7, 11) is 0. The zero-order valence-electron chi connectivity index (χ0n) is 16.9. The molecule has 1 fully saturated rings. The van der Waals surface area contributed by atoms with E-state index in [0.29, 0.717) is 12.3 Å². The lowest BCUT2D eigenvalue weighted by atomic mass is 9.83. The number of carbonyl (C=O) groups is 2. The number of hydrogen-bond acceptors (Lipinski definition) is 4. The van der Waals surface area contributed by atoms with Crippen molar-refractivity contribution in [2.24, 2.45) is 11.5 Å². The quantitative estimate of drug-likeness (QED) is 0.715. The first-order valence-electron chi connectivity index (χ1n) is 10.6. The van der Waals surface area contributed by atoms with Crippen LogP contribution in [-0.4, -0.2) is 42.5 Å². The Bertz CT molecular complexity index is 711. The monoisotopic (exact) mass is 387 g/mol. The number of piperidine rings is 1. The second-order valence-corrected chi connectivity index (χ2v) is 8.18. The van der Waals surface area contributed by atoms with E-state index in [2.05, 4.69) is 17.0 Å². The molecule has 1 saturated heterocycles. The summed E-state index contributed by atoms with van der Waals surface area (Å²) in [5.74, 6) is 0.684. The van der Waals surface area contributed by atoms with Crippen molar-refractivity contribution in [1.82, 2.24) is 4.90 Å². The van der Waals surface area contributed by atoms with E-state index >= 15 is 0 Å². The Morgan fingerprint density at radius 3 is 2.57 bits per heavy atom. The molecule has 1 atom stereocenters. The summed E-state index contributed by atoms with van der Waals surface area (Å²) in [6, 6.07) is 4.46. The lowest BCUT2D eigenvalue weighted by Crippen LogP contribution is -2.35. The third kappa shape index (κ3) is 5.04. The summed E-state index contributed by atoms with van der Waals surface area (Å²) in [5, 5.41) is 0. The standard InChI is InChI=1S/C22H33N3O3/c1-15(22(24)27)28-21-18-6-3-2-5-16(18)8-9-19(21)17-10-13-25(14-11-17)12-4-7-20(23)26/h8-9,15,17H,2-7,10-14H2,1H3,(H2,23,26)(H2,24,27). The van der Waals surface area contributed by atoms with Gasteiger partial charge in [0.2, 0.25) is 5.91 Å². The zero-order chi connectivity index (χ0) is 20.1. The molecule has 1 aliphatic carbocycles. The fraction of sp³-hybridized carbons (Fsp3) is 0.636. The summed E-state index contributed by atoms with van der Waals surface area (Å²) in [6.45, 7) is 4.66. The van der Waals surface area contributed by atoms with Gasteiger partial charge in [-0.3, -0.25) is 9.59 Å². The smallest absolute Gasteiger partial charge is 0.258 e. The Balaban J connectivity index is 1.73. The average Bonchev–Trinajstić information content (AvgIpc) is 2.68. The minimum Gasteiger partial charge on any atom is -0.480 e. The van der Waals surface area contributed by atoms with Crippen LogP contribution in [0.15, 0.2) is 12.1 Å². The van der Waals surface area contributed by atoms with E-state index in [-0.39, 0.29) is 5.91 Å². The number of fused-ring (bicyclic) bond motifs is 1. The largest absolute Gasteiger partial charge is 0.480 e. The highest BCUT2D eigenvalue weighted by atomic mass is 16.5. The number of ether oxygens (including phenoxy) is 1. The lowest BCUT2D eigenvalue weighted by molar-refractivity contribution is -0.124. The normalized spacial score (nSPS) is 19.0. The molecule has 0 aromatic heterocycles. The van der Waals surface area contributed by atoms with E-state index in [9.17, 15) is 9.59 Å². The molecule has 4 N–H and O–H groups in total. The summed E-state index contributed by atoms with van der Waals surface area (Å²) in [6.07, 6.45) is 7.22. The number of primary amides is 2. The number of aryl methyl sites for hydroxylation is 1. The van der Waals surface area contributed by atoms with Gasteiger partial charge < -0.3 is 21.1 Å². The highest BCUT2D eigenvalue weighted by Crippen LogP contribution is 2.40. The topological polar surface area (TPSA) is 98.7 Å². The SMILES string of the molecule is CC(Oc1c(C2CCN(CCCC(N)=O)CC2)ccc2c1CCCC2)C(N)=O. The van der Waals surface area contributed by atoms with E-state index < -0.39 is 12.0 Å². The van der Waals surface area contributed by atoms with E-state index in [1.54, 1.807) is 6.92 Å². The number of carbonyl (C=O) groups excluding carboxylic acids is 2. The number of rotatable bonds is 8. The third-order valence-electron chi connectivity index (χ3n) is 6.13. The molecule has 0 radical (unpaired) electrons. The van der Waals surface area contributed by atoms with Gasteiger partial charge in [-0.1, -0.05) is 12.1 Å². The predicted molar refractivity (Wildman–Crippen MR) is 109 cm³/mol. The molecule has 6 nitrogen and oxygen atoms in total. The Morgan fingerprint density at radius 2 is 1.89 bits per heavy atom. The second-order valence-electron chi connectivity index (χ2n) is 8.18. The van der Waals surface area contributed by atoms with Crippen molar-refractivity contribution in [2.45, 2.75) is 70.3 Å². The first-order chi connectivity index (χ1) is 13.5. The minimum atomic E-state index is -0.624.